The van der Waals surface area contributed by atoms with Crippen LogP contribution >= 0.6 is 24.4 Å². The van der Waals surface area contributed by atoms with Gasteiger partial charge in [0.1, 0.15) is 5.60 Å². The monoisotopic (exact) mass is 297 g/mol. The summed E-state index contributed by atoms with van der Waals surface area (Å²) >= 11 is 7.92. The Morgan fingerprint density at radius 3 is 2.68 bits per heavy atom. The summed E-state index contributed by atoms with van der Waals surface area (Å²) in [5.41, 5.74) is 0.844. The van der Waals surface area contributed by atoms with Gasteiger partial charge in [-0.25, -0.2) is 4.79 Å². The summed E-state index contributed by atoms with van der Waals surface area (Å²) in [5.74, 6) is 1.15. The molecule has 1 aliphatic rings. The molecule has 4 nitrogen and oxygen atoms in total. The Balaban J connectivity index is 0.000000550. The van der Waals surface area contributed by atoms with Crippen molar-refractivity contribution in [1.82, 2.24) is 5.32 Å². The number of ether oxygens (including phenoxy) is 2. The van der Waals surface area contributed by atoms with Crippen molar-refractivity contribution >= 4 is 34.8 Å². The van der Waals surface area contributed by atoms with Gasteiger partial charge in [-0.1, -0.05) is 12.1 Å². The SMILES string of the molecule is CNC(=O)Oc1cccc2c1OC(C)(C)C2.S=C=S. The Morgan fingerprint density at radius 2 is 2.11 bits per heavy atom. The van der Waals surface area contributed by atoms with Crippen molar-refractivity contribution in [3.8, 4) is 11.5 Å². The summed E-state index contributed by atoms with van der Waals surface area (Å²) in [6, 6.07) is 5.58. The van der Waals surface area contributed by atoms with Crippen molar-refractivity contribution in [1.29, 1.82) is 0 Å². The number of carbonyl (C=O) groups excluding carboxylic acids is 1. The molecule has 1 N–H and O–H groups in total. The molecule has 19 heavy (non-hydrogen) atoms. The van der Waals surface area contributed by atoms with Gasteiger partial charge in [-0.3, -0.25) is 0 Å². The minimum Gasteiger partial charge on any atom is -0.483 e. The molecule has 1 aromatic rings. The van der Waals surface area contributed by atoms with Crippen LogP contribution in [0.3, 0.4) is 0 Å². The van der Waals surface area contributed by atoms with E-state index < -0.39 is 6.09 Å². The lowest BCUT2D eigenvalue weighted by Gasteiger charge is -2.17. The van der Waals surface area contributed by atoms with Crippen molar-refractivity contribution < 1.29 is 14.3 Å². The van der Waals surface area contributed by atoms with E-state index in [2.05, 4.69) is 29.8 Å². The van der Waals surface area contributed by atoms with Crippen molar-refractivity contribution in [2.24, 2.45) is 0 Å². The van der Waals surface area contributed by atoms with E-state index in [0.717, 1.165) is 12.0 Å². The normalized spacial score (nSPS) is 14.1. The van der Waals surface area contributed by atoms with Crippen LogP contribution in [0.2, 0.25) is 0 Å². The Kier molecular flexibility index (Phi) is 5.42. The lowest BCUT2D eigenvalue weighted by molar-refractivity contribution is 0.133. The van der Waals surface area contributed by atoms with Crippen LogP contribution in [0.1, 0.15) is 19.4 Å². The highest BCUT2D eigenvalue weighted by Crippen LogP contribution is 2.41. The van der Waals surface area contributed by atoms with E-state index in [-0.39, 0.29) is 5.60 Å². The van der Waals surface area contributed by atoms with E-state index in [1.165, 1.54) is 7.05 Å². The van der Waals surface area contributed by atoms with E-state index >= 15 is 0 Å². The largest absolute Gasteiger partial charge is 0.483 e. The third-order valence-corrected chi connectivity index (χ3v) is 2.46. The summed E-state index contributed by atoms with van der Waals surface area (Å²) in [7, 11) is 1.52. The number of carbonyl (C=O) groups is 1. The standard InChI is InChI=1S/C12H15NO3.CS2/c1-12(2)7-8-5-4-6-9(10(8)16-12)15-11(14)13-3;2-1-3/h4-6H,7H2,1-3H3,(H,13,14);. The van der Waals surface area contributed by atoms with Crippen LogP contribution in [0.4, 0.5) is 4.79 Å². The Morgan fingerprint density at radius 1 is 1.47 bits per heavy atom. The molecule has 1 amide bonds. The third-order valence-electron chi connectivity index (χ3n) is 2.46. The smallest absolute Gasteiger partial charge is 0.412 e. The highest BCUT2D eigenvalue weighted by atomic mass is 32.1. The van der Waals surface area contributed by atoms with E-state index in [4.69, 9.17) is 9.47 Å². The third kappa shape index (κ3) is 4.28. The number of nitrogens with one attached hydrogen (secondary N) is 1. The predicted molar refractivity (Wildman–Crippen MR) is 80.1 cm³/mol. The second-order valence-electron chi connectivity index (χ2n) is 4.51. The average Bonchev–Trinajstić information content (AvgIpc) is 2.65. The molecule has 1 aromatic carbocycles. The molecule has 1 heterocycles. The molecule has 0 atom stereocenters. The van der Waals surface area contributed by atoms with E-state index in [1.807, 2.05) is 30.3 Å². The molecule has 0 bridgehead atoms. The molecular weight excluding hydrogens is 282 g/mol. The molecular formula is C13H15NO3S2. The fourth-order valence-corrected chi connectivity index (χ4v) is 1.82. The van der Waals surface area contributed by atoms with Crippen LogP contribution < -0.4 is 14.8 Å². The van der Waals surface area contributed by atoms with Crippen LogP contribution in [0, 0.1) is 0 Å². The number of para-hydroxylation sites is 1. The summed E-state index contributed by atoms with van der Waals surface area (Å²) in [4.78, 5) is 11.2. The van der Waals surface area contributed by atoms with Gasteiger partial charge in [0.05, 0.1) is 0 Å². The minimum atomic E-state index is -0.485. The maximum Gasteiger partial charge on any atom is 0.412 e. The van der Waals surface area contributed by atoms with Gasteiger partial charge in [0, 0.05) is 23.3 Å². The first-order chi connectivity index (χ1) is 8.93. The molecule has 2 rings (SSSR count). The molecule has 0 saturated heterocycles. The fraction of sp³-hybridized carbons (Fsp3) is 0.385. The number of hydrogen-bond acceptors (Lipinski definition) is 5. The van der Waals surface area contributed by atoms with Gasteiger partial charge >= 0.3 is 6.09 Å². The lowest BCUT2D eigenvalue weighted by atomic mass is 10.0. The molecule has 0 radical (unpaired) electrons. The van der Waals surface area contributed by atoms with Gasteiger partial charge in [0.2, 0.25) is 0 Å². The van der Waals surface area contributed by atoms with Gasteiger partial charge in [0.25, 0.3) is 0 Å². The molecule has 0 fully saturated rings. The molecule has 0 aromatic heterocycles. The van der Waals surface area contributed by atoms with Crippen molar-refractivity contribution in [2.75, 3.05) is 7.05 Å². The Hall–Kier alpha value is -1.49. The van der Waals surface area contributed by atoms with Crippen LogP contribution in [0.25, 0.3) is 0 Å². The number of rotatable bonds is 1. The van der Waals surface area contributed by atoms with Crippen molar-refractivity contribution in [2.45, 2.75) is 25.9 Å². The minimum absolute atomic E-state index is 0.232. The lowest BCUT2D eigenvalue weighted by Crippen LogP contribution is -2.25. The van der Waals surface area contributed by atoms with Crippen LogP contribution in [0.5, 0.6) is 11.5 Å². The summed E-state index contributed by atoms with van der Waals surface area (Å²) < 4.78 is 12.8. The first-order valence-electron chi connectivity index (χ1n) is 5.63. The predicted octanol–water partition coefficient (Wildman–Crippen LogP) is 3.14. The summed E-state index contributed by atoms with van der Waals surface area (Å²) in [5, 5.41) is 2.41. The number of hydrogen-bond donors (Lipinski definition) is 1. The summed E-state index contributed by atoms with van der Waals surface area (Å²) in [6.07, 6.45) is 0.342. The highest BCUT2D eigenvalue weighted by Gasteiger charge is 2.32. The van der Waals surface area contributed by atoms with Gasteiger partial charge in [-0.2, -0.15) is 0 Å². The quantitative estimate of drug-likeness (QED) is 0.807. The number of thiocarbonyl (C=S) groups is 2. The van der Waals surface area contributed by atoms with Gasteiger partial charge in [0.15, 0.2) is 11.5 Å². The van der Waals surface area contributed by atoms with Crippen molar-refractivity contribution in [3.63, 3.8) is 0 Å². The van der Waals surface area contributed by atoms with E-state index in [1.54, 1.807) is 6.07 Å². The first-order valence-corrected chi connectivity index (χ1v) is 6.45. The fourth-order valence-electron chi connectivity index (χ4n) is 1.82. The molecule has 102 valence electrons. The number of fused-ring (bicyclic) bond motifs is 1. The second-order valence-corrected chi connectivity index (χ2v) is 5.17. The zero-order valence-electron chi connectivity index (χ0n) is 11.0. The summed E-state index contributed by atoms with van der Waals surface area (Å²) in [6.45, 7) is 4.02. The molecule has 1 aliphatic heterocycles. The van der Waals surface area contributed by atoms with Gasteiger partial charge in [-0.15, -0.1) is 0 Å². The van der Waals surface area contributed by atoms with Crippen LogP contribution in [0.15, 0.2) is 18.2 Å². The molecule has 0 saturated carbocycles. The average molecular weight is 297 g/mol. The first kappa shape index (κ1) is 15.6. The molecule has 0 unspecified atom stereocenters. The Labute approximate surface area is 123 Å². The van der Waals surface area contributed by atoms with E-state index in [9.17, 15) is 4.79 Å². The zero-order valence-corrected chi connectivity index (χ0v) is 12.6. The molecule has 0 spiro atoms. The number of benzene rings is 1. The molecule has 6 heteroatoms. The van der Waals surface area contributed by atoms with Gasteiger partial charge < -0.3 is 14.8 Å². The second kappa shape index (κ2) is 6.61. The zero-order chi connectivity index (χ0) is 14.5. The maximum atomic E-state index is 11.2. The topological polar surface area (TPSA) is 47.6 Å². The van der Waals surface area contributed by atoms with Gasteiger partial charge in [-0.05, 0) is 44.3 Å². The van der Waals surface area contributed by atoms with Crippen LogP contribution in [-0.4, -0.2) is 23.1 Å². The van der Waals surface area contributed by atoms with Crippen molar-refractivity contribution in [3.05, 3.63) is 23.8 Å². The Bertz CT molecular complexity index is 509. The number of amides is 1. The van der Waals surface area contributed by atoms with Crippen LogP contribution in [-0.2, 0) is 6.42 Å². The highest BCUT2D eigenvalue weighted by molar-refractivity contribution is 7.93. The molecule has 0 aliphatic carbocycles. The van der Waals surface area contributed by atoms with E-state index in [0.29, 0.717) is 11.5 Å². The maximum absolute atomic E-state index is 11.2.